The summed E-state index contributed by atoms with van der Waals surface area (Å²) in [5, 5.41) is 0. The van der Waals surface area contributed by atoms with Crippen molar-refractivity contribution in [3.8, 4) is 33.4 Å². The lowest BCUT2D eigenvalue weighted by atomic mass is 9.30. The van der Waals surface area contributed by atoms with Gasteiger partial charge in [-0.05, 0) is 67.4 Å². The van der Waals surface area contributed by atoms with Gasteiger partial charge in [-0.25, -0.2) is 0 Å². The zero-order valence-electron chi connectivity index (χ0n) is 28.2. The Morgan fingerprint density at radius 3 is 1.02 bits per heavy atom. The number of hydrogen-bond acceptors (Lipinski definition) is 1. The van der Waals surface area contributed by atoms with Gasteiger partial charge in [0.05, 0.1) is 0 Å². The van der Waals surface area contributed by atoms with E-state index >= 15 is 0 Å². The van der Waals surface area contributed by atoms with Crippen molar-refractivity contribution >= 4 is 63.3 Å². The largest absolute Gasteiger partial charge is 0.313 e. The van der Waals surface area contributed by atoms with Crippen LogP contribution in [0.3, 0.4) is 0 Å². The minimum Gasteiger partial charge on any atom is -0.313 e. The number of rotatable bonds is 5. The van der Waals surface area contributed by atoms with Gasteiger partial charge in [-0.3, -0.25) is 0 Å². The van der Waals surface area contributed by atoms with Gasteiger partial charge >= 0.3 is 0 Å². The van der Waals surface area contributed by atoms with Crippen molar-refractivity contribution in [2.45, 2.75) is 0 Å². The molecule has 0 saturated carbocycles. The number of fused-ring (bicyclic) bond motifs is 4. The predicted octanol–water partition coefficient (Wildman–Crippen LogP) is 7.82. The van der Waals surface area contributed by atoms with Crippen LogP contribution in [0.4, 0.5) is 17.1 Å². The normalized spacial score (nSPS) is 12.6. The van der Waals surface area contributed by atoms with E-state index in [1.165, 1.54) is 83.2 Å². The maximum Gasteiger partial charge on any atom is 0.246 e. The van der Waals surface area contributed by atoms with Crippen molar-refractivity contribution in [1.82, 2.24) is 0 Å². The van der Waals surface area contributed by atoms with Gasteiger partial charge in [0.25, 0.3) is 0 Å². The van der Waals surface area contributed by atoms with E-state index in [4.69, 9.17) is 0 Å². The zero-order valence-corrected chi connectivity index (χ0v) is 28.2. The highest BCUT2D eigenvalue weighted by Gasteiger charge is 2.43. The van der Waals surface area contributed by atoms with Crippen LogP contribution in [0.5, 0.6) is 0 Å². The molecule has 0 spiro atoms. The second-order valence-corrected chi connectivity index (χ2v) is 13.7. The number of benzene rings is 8. The molecule has 0 unspecified atom stereocenters. The molecule has 0 aromatic heterocycles. The molecule has 0 bridgehead atoms. The molecular formula is C48H33B2N. The quantitative estimate of drug-likeness (QED) is 0.173. The van der Waals surface area contributed by atoms with Gasteiger partial charge in [-0.2, -0.15) is 0 Å². The summed E-state index contributed by atoms with van der Waals surface area (Å²) in [6.07, 6.45) is 0. The molecule has 8 aromatic carbocycles. The molecule has 2 aliphatic rings. The average molecular weight is 645 g/mol. The van der Waals surface area contributed by atoms with E-state index in [0.717, 1.165) is 0 Å². The first-order valence-corrected chi connectivity index (χ1v) is 17.8. The summed E-state index contributed by atoms with van der Waals surface area (Å²) in [6, 6.07) is 73.8. The molecule has 236 valence electrons. The van der Waals surface area contributed by atoms with E-state index in [9.17, 15) is 0 Å². The van der Waals surface area contributed by atoms with Crippen LogP contribution < -0.4 is 37.7 Å². The summed E-state index contributed by atoms with van der Waals surface area (Å²) in [5.41, 5.74) is 19.2. The number of hydrogen-bond donors (Lipinski definition) is 0. The van der Waals surface area contributed by atoms with Gasteiger partial charge in [0.2, 0.25) is 13.4 Å². The molecule has 8 aromatic rings. The van der Waals surface area contributed by atoms with Crippen molar-refractivity contribution in [2.24, 2.45) is 0 Å². The lowest BCUT2D eigenvalue weighted by molar-refractivity contribution is 1.30. The predicted molar refractivity (Wildman–Crippen MR) is 220 cm³/mol. The summed E-state index contributed by atoms with van der Waals surface area (Å²) >= 11 is 0. The van der Waals surface area contributed by atoms with Gasteiger partial charge in [0.1, 0.15) is 0 Å². The number of para-hydroxylation sites is 2. The molecule has 1 nitrogen and oxygen atoms in total. The fraction of sp³-hybridized carbons (Fsp3) is 0. The molecule has 0 fully saturated rings. The molecule has 51 heavy (non-hydrogen) atoms. The maximum absolute atomic E-state index is 2.55. The molecule has 0 radical (unpaired) electrons. The highest BCUT2D eigenvalue weighted by molar-refractivity contribution is 7.02. The van der Waals surface area contributed by atoms with Crippen LogP contribution in [0, 0.1) is 0 Å². The van der Waals surface area contributed by atoms with Crippen molar-refractivity contribution < 1.29 is 0 Å². The Kier molecular flexibility index (Phi) is 7.10. The third-order valence-electron chi connectivity index (χ3n) is 10.8. The van der Waals surface area contributed by atoms with Crippen LogP contribution in [0.25, 0.3) is 33.4 Å². The van der Waals surface area contributed by atoms with Crippen LogP contribution in [0.1, 0.15) is 0 Å². The molecule has 3 heteroatoms. The average Bonchev–Trinajstić information content (AvgIpc) is 3.22. The van der Waals surface area contributed by atoms with Crippen molar-refractivity contribution in [3.63, 3.8) is 0 Å². The summed E-state index contributed by atoms with van der Waals surface area (Å²) in [4.78, 5) is 2.55. The van der Waals surface area contributed by atoms with Crippen LogP contribution in [0.2, 0.25) is 0 Å². The van der Waals surface area contributed by atoms with E-state index < -0.39 is 0 Å². The molecule has 0 aliphatic carbocycles. The molecule has 0 amide bonds. The van der Waals surface area contributed by atoms with Crippen molar-refractivity contribution in [3.05, 3.63) is 200 Å². The lowest BCUT2D eigenvalue weighted by Gasteiger charge is -2.44. The first-order chi connectivity index (χ1) is 25.3. The molecule has 0 saturated heterocycles. The second kappa shape index (κ2) is 12.2. The second-order valence-electron chi connectivity index (χ2n) is 13.7. The van der Waals surface area contributed by atoms with E-state index in [-0.39, 0.29) is 13.4 Å². The maximum atomic E-state index is 2.55. The Morgan fingerprint density at radius 1 is 0.275 bits per heavy atom. The summed E-state index contributed by atoms with van der Waals surface area (Å²) in [6.45, 7) is 0.150. The van der Waals surface area contributed by atoms with Gasteiger partial charge in [0, 0.05) is 17.1 Å². The number of anilines is 3. The molecule has 0 N–H and O–H groups in total. The smallest absolute Gasteiger partial charge is 0.246 e. The standard InChI is InChI=1S/C48H33B2N/c1-4-14-34(15-5-1)37-24-28-40(29-25-37)49-42-20-10-12-22-46(42)51-47-23-13-11-21-43(47)50(41-30-26-38(27-31-41)35-16-6-2-7-17-35)45-33-39(32-44(49)48(45)51)36-18-8-3-9-19-36/h1-33H. The van der Waals surface area contributed by atoms with Crippen LogP contribution in [0.15, 0.2) is 200 Å². The van der Waals surface area contributed by atoms with E-state index in [1.54, 1.807) is 0 Å². The van der Waals surface area contributed by atoms with Gasteiger partial charge in [-0.15, -0.1) is 0 Å². The van der Waals surface area contributed by atoms with E-state index in [1.807, 2.05) is 0 Å². The fourth-order valence-corrected chi connectivity index (χ4v) is 8.47. The lowest BCUT2D eigenvalue weighted by Crippen LogP contribution is -2.65. The minimum absolute atomic E-state index is 0.0751. The Bertz CT molecular complexity index is 2360. The molecule has 0 atom stereocenters. The first-order valence-electron chi connectivity index (χ1n) is 17.8. The molecule has 2 aliphatic heterocycles. The third kappa shape index (κ3) is 4.96. The van der Waals surface area contributed by atoms with Gasteiger partial charge in [-0.1, -0.05) is 199 Å². The first kappa shape index (κ1) is 29.6. The fourth-order valence-electron chi connectivity index (χ4n) is 8.47. The van der Waals surface area contributed by atoms with Gasteiger partial charge in [0.15, 0.2) is 0 Å². The zero-order chi connectivity index (χ0) is 33.7. The van der Waals surface area contributed by atoms with Crippen LogP contribution in [-0.4, -0.2) is 13.4 Å². The highest BCUT2D eigenvalue weighted by atomic mass is 15.2. The van der Waals surface area contributed by atoms with Gasteiger partial charge < -0.3 is 4.90 Å². The van der Waals surface area contributed by atoms with Crippen molar-refractivity contribution in [2.75, 3.05) is 4.90 Å². The van der Waals surface area contributed by atoms with Crippen LogP contribution in [-0.2, 0) is 0 Å². The van der Waals surface area contributed by atoms with Crippen molar-refractivity contribution in [1.29, 1.82) is 0 Å². The Hall–Kier alpha value is -6.31. The molecular weight excluding hydrogens is 612 g/mol. The summed E-state index contributed by atoms with van der Waals surface area (Å²) in [5.74, 6) is 0. The molecule has 2 heterocycles. The minimum atomic E-state index is 0.0751. The van der Waals surface area contributed by atoms with Crippen LogP contribution >= 0.6 is 0 Å². The monoisotopic (exact) mass is 645 g/mol. The highest BCUT2D eigenvalue weighted by Crippen LogP contribution is 2.38. The Labute approximate surface area is 300 Å². The third-order valence-corrected chi connectivity index (χ3v) is 10.8. The summed E-state index contributed by atoms with van der Waals surface area (Å²) < 4.78 is 0. The van der Waals surface area contributed by atoms with E-state index in [0.29, 0.717) is 0 Å². The SMILES string of the molecule is c1ccc(-c2ccc(B3c4ccccc4N4c5ccccc5B(c5ccc(-c6ccccc6)cc5)c5cc(-c6ccccc6)cc3c54)cc2)cc1. The Balaban J connectivity index is 1.22. The summed E-state index contributed by atoms with van der Waals surface area (Å²) in [7, 11) is 0. The van der Waals surface area contributed by atoms with E-state index in [2.05, 4.69) is 205 Å². The molecule has 10 rings (SSSR count). The topological polar surface area (TPSA) is 3.24 Å². The number of nitrogens with zero attached hydrogens (tertiary/aromatic N) is 1. The Morgan fingerprint density at radius 2 is 0.608 bits per heavy atom.